The number of aryl methyl sites for hydroxylation is 1. The van der Waals surface area contributed by atoms with Crippen LogP contribution in [0, 0.1) is 12.7 Å². The van der Waals surface area contributed by atoms with Crippen LogP contribution in [0.2, 0.25) is 5.15 Å². The maximum Gasteiger partial charge on any atom is 0.231 e. The molecule has 136 valence electrons. The molecule has 0 spiro atoms. The zero-order chi connectivity index (χ0) is 19.0. The van der Waals surface area contributed by atoms with E-state index in [-0.39, 0.29) is 18.4 Å². The molecular weight excluding hydrogens is 371 g/mol. The SMILES string of the molecule is Cc1nn(-c2ccc(F)cc2)c(Cl)c1/C=C/C(=O)c1ccc2c(c1)OCO2. The molecule has 0 saturated carbocycles. The number of hydrogen-bond donors (Lipinski definition) is 0. The number of allylic oxidation sites excluding steroid dienone is 1. The molecule has 2 heterocycles. The van der Waals surface area contributed by atoms with Crippen molar-refractivity contribution in [3.63, 3.8) is 0 Å². The number of carbonyl (C=O) groups excluding carboxylic acids is 1. The largest absolute Gasteiger partial charge is 0.454 e. The molecule has 0 N–H and O–H groups in total. The van der Waals surface area contributed by atoms with Gasteiger partial charge in [-0.15, -0.1) is 0 Å². The Labute approximate surface area is 159 Å². The number of fused-ring (bicyclic) bond motifs is 1. The number of hydrogen-bond acceptors (Lipinski definition) is 4. The Hall–Kier alpha value is -3.12. The third kappa shape index (κ3) is 3.31. The molecule has 0 radical (unpaired) electrons. The highest BCUT2D eigenvalue weighted by atomic mass is 35.5. The van der Waals surface area contributed by atoms with Crippen LogP contribution in [0.5, 0.6) is 11.5 Å². The molecule has 5 nitrogen and oxygen atoms in total. The third-order valence-electron chi connectivity index (χ3n) is 4.18. The van der Waals surface area contributed by atoms with Crippen LogP contribution in [0.4, 0.5) is 4.39 Å². The number of nitrogens with zero attached hydrogens (tertiary/aromatic N) is 2. The van der Waals surface area contributed by atoms with Gasteiger partial charge in [0.15, 0.2) is 17.3 Å². The average Bonchev–Trinajstić information content (AvgIpc) is 3.24. The minimum atomic E-state index is -0.340. The second kappa shape index (κ2) is 6.89. The van der Waals surface area contributed by atoms with Gasteiger partial charge in [-0.1, -0.05) is 11.6 Å². The number of benzene rings is 2. The Morgan fingerprint density at radius 3 is 2.70 bits per heavy atom. The molecule has 0 amide bonds. The van der Waals surface area contributed by atoms with Crippen LogP contribution in [0.1, 0.15) is 21.6 Å². The highest BCUT2D eigenvalue weighted by molar-refractivity contribution is 6.31. The summed E-state index contributed by atoms with van der Waals surface area (Å²) >= 11 is 6.42. The predicted octanol–water partition coefficient (Wildman–Crippen LogP) is 4.60. The summed E-state index contributed by atoms with van der Waals surface area (Å²) in [6.45, 7) is 1.94. The van der Waals surface area contributed by atoms with E-state index in [4.69, 9.17) is 21.1 Å². The number of carbonyl (C=O) groups is 1. The molecule has 0 fully saturated rings. The van der Waals surface area contributed by atoms with Gasteiger partial charge >= 0.3 is 0 Å². The van der Waals surface area contributed by atoms with Crippen LogP contribution < -0.4 is 9.47 Å². The van der Waals surface area contributed by atoms with Gasteiger partial charge in [-0.2, -0.15) is 5.10 Å². The summed E-state index contributed by atoms with van der Waals surface area (Å²) in [5, 5.41) is 4.71. The summed E-state index contributed by atoms with van der Waals surface area (Å²) in [6.07, 6.45) is 3.06. The van der Waals surface area contributed by atoms with Gasteiger partial charge in [0.05, 0.1) is 11.4 Å². The first-order chi connectivity index (χ1) is 13.0. The fraction of sp³-hybridized carbons (Fsp3) is 0.100. The van der Waals surface area contributed by atoms with Crippen LogP contribution >= 0.6 is 11.6 Å². The fourth-order valence-corrected chi connectivity index (χ4v) is 3.09. The lowest BCUT2D eigenvalue weighted by atomic mass is 10.1. The lowest BCUT2D eigenvalue weighted by molar-refractivity contribution is 0.104. The van der Waals surface area contributed by atoms with E-state index in [1.165, 1.54) is 22.9 Å². The molecular formula is C20H14ClFN2O3. The van der Waals surface area contributed by atoms with Crippen molar-refractivity contribution in [2.45, 2.75) is 6.92 Å². The molecule has 2 aromatic carbocycles. The lowest BCUT2D eigenvalue weighted by Crippen LogP contribution is -1.96. The Morgan fingerprint density at radius 2 is 1.93 bits per heavy atom. The number of aromatic nitrogens is 2. The standard InChI is InChI=1S/C20H14ClFN2O3/c1-12-16(20(21)24(23-12)15-5-3-14(22)4-6-15)7-8-17(25)13-2-9-18-19(10-13)27-11-26-18/h2-10H,11H2,1H3/b8-7+. The molecule has 0 saturated heterocycles. The van der Waals surface area contributed by atoms with E-state index < -0.39 is 0 Å². The first-order valence-electron chi connectivity index (χ1n) is 8.16. The van der Waals surface area contributed by atoms with Gasteiger partial charge in [-0.25, -0.2) is 9.07 Å². The Kier molecular flexibility index (Phi) is 4.41. The molecule has 4 rings (SSSR count). The quantitative estimate of drug-likeness (QED) is 0.487. The van der Waals surface area contributed by atoms with Crippen molar-refractivity contribution in [1.29, 1.82) is 0 Å². The van der Waals surface area contributed by atoms with E-state index >= 15 is 0 Å². The van der Waals surface area contributed by atoms with E-state index in [1.807, 2.05) is 0 Å². The summed E-state index contributed by atoms with van der Waals surface area (Å²) in [5.41, 5.74) is 2.38. The smallest absolute Gasteiger partial charge is 0.231 e. The predicted molar refractivity (Wildman–Crippen MR) is 99.2 cm³/mol. The van der Waals surface area contributed by atoms with Crippen molar-refractivity contribution in [3.8, 4) is 17.2 Å². The maximum absolute atomic E-state index is 13.1. The molecule has 1 aliphatic rings. The van der Waals surface area contributed by atoms with Gasteiger partial charge in [-0.05, 0) is 61.5 Å². The molecule has 3 aromatic rings. The molecule has 0 atom stereocenters. The molecule has 0 aliphatic carbocycles. The molecule has 1 aliphatic heterocycles. The third-order valence-corrected chi connectivity index (χ3v) is 4.54. The van der Waals surface area contributed by atoms with Crippen LogP contribution in [0.15, 0.2) is 48.5 Å². The van der Waals surface area contributed by atoms with E-state index in [0.717, 1.165) is 0 Å². The average molecular weight is 385 g/mol. The van der Waals surface area contributed by atoms with Crippen molar-refractivity contribution in [2.75, 3.05) is 6.79 Å². The van der Waals surface area contributed by atoms with Gasteiger partial charge in [0.2, 0.25) is 6.79 Å². The van der Waals surface area contributed by atoms with E-state index in [9.17, 15) is 9.18 Å². The van der Waals surface area contributed by atoms with Gasteiger partial charge < -0.3 is 9.47 Å². The van der Waals surface area contributed by atoms with E-state index in [1.54, 1.807) is 43.3 Å². The first kappa shape index (κ1) is 17.3. The van der Waals surface area contributed by atoms with Gasteiger partial charge in [-0.3, -0.25) is 4.79 Å². The van der Waals surface area contributed by atoms with E-state index in [0.29, 0.717) is 39.2 Å². The van der Waals surface area contributed by atoms with Crippen LogP contribution in [0.25, 0.3) is 11.8 Å². The normalized spacial score (nSPS) is 12.7. The Bertz CT molecular complexity index is 1060. The van der Waals surface area contributed by atoms with Crippen molar-refractivity contribution < 1.29 is 18.7 Å². The summed E-state index contributed by atoms with van der Waals surface area (Å²) in [4.78, 5) is 12.5. The molecule has 0 bridgehead atoms. The molecule has 7 heteroatoms. The fourth-order valence-electron chi connectivity index (χ4n) is 2.76. The second-order valence-electron chi connectivity index (χ2n) is 5.94. The van der Waals surface area contributed by atoms with Crippen molar-refractivity contribution in [2.24, 2.45) is 0 Å². The zero-order valence-corrected chi connectivity index (χ0v) is 15.0. The first-order valence-corrected chi connectivity index (χ1v) is 8.54. The number of ketones is 1. The second-order valence-corrected chi connectivity index (χ2v) is 6.30. The van der Waals surface area contributed by atoms with Crippen LogP contribution in [0.3, 0.4) is 0 Å². The van der Waals surface area contributed by atoms with Crippen molar-refractivity contribution in [1.82, 2.24) is 9.78 Å². The number of ether oxygens (including phenoxy) is 2. The van der Waals surface area contributed by atoms with Crippen LogP contribution in [-0.2, 0) is 0 Å². The maximum atomic E-state index is 13.1. The summed E-state index contributed by atoms with van der Waals surface area (Å²) in [5.74, 6) is 0.633. The van der Waals surface area contributed by atoms with Gasteiger partial charge in [0.25, 0.3) is 0 Å². The number of rotatable bonds is 4. The summed E-state index contributed by atoms with van der Waals surface area (Å²) in [7, 11) is 0. The highest BCUT2D eigenvalue weighted by Crippen LogP contribution is 2.33. The molecule has 27 heavy (non-hydrogen) atoms. The molecule has 1 aromatic heterocycles. The zero-order valence-electron chi connectivity index (χ0n) is 14.3. The minimum Gasteiger partial charge on any atom is -0.454 e. The molecule has 0 unspecified atom stereocenters. The Morgan fingerprint density at radius 1 is 1.19 bits per heavy atom. The van der Waals surface area contributed by atoms with Crippen molar-refractivity contribution >= 4 is 23.5 Å². The number of halogens is 2. The van der Waals surface area contributed by atoms with Gasteiger partial charge in [0, 0.05) is 11.1 Å². The topological polar surface area (TPSA) is 53.4 Å². The van der Waals surface area contributed by atoms with Crippen molar-refractivity contribution in [3.05, 3.63) is 76.3 Å². The monoisotopic (exact) mass is 384 g/mol. The lowest BCUT2D eigenvalue weighted by Gasteiger charge is -2.02. The summed E-state index contributed by atoms with van der Waals surface area (Å²) in [6, 6.07) is 10.9. The minimum absolute atomic E-state index is 0.153. The Balaban J connectivity index is 1.60. The van der Waals surface area contributed by atoms with Crippen LogP contribution in [-0.4, -0.2) is 22.4 Å². The summed E-state index contributed by atoms with van der Waals surface area (Å²) < 4.78 is 25.1. The van der Waals surface area contributed by atoms with E-state index in [2.05, 4.69) is 5.10 Å². The highest BCUT2D eigenvalue weighted by Gasteiger charge is 2.16. The van der Waals surface area contributed by atoms with Gasteiger partial charge in [0.1, 0.15) is 11.0 Å².